The Hall–Kier alpha value is -2.10. The van der Waals surface area contributed by atoms with Gasteiger partial charge in [-0.05, 0) is 25.6 Å². The van der Waals surface area contributed by atoms with Gasteiger partial charge in [0.05, 0.1) is 24.3 Å². The number of ether oxygens (including phenoxy) is 2. The van der Waals surface area contributed by atoms with Crippen molar-refractivity contribution in [3.05, 3.63) is 29.8 Å². The predicted octanol–water partition coefficient (Wildman–Crippen LogP) is 1.13. The molecule has 0 saturated carbocycles. The minimum Gasteiger partial charge on any atom is -0.478 e. The lowest BCUT2D eigenvalue weighted by molar-refractivity contribution is -0.0870. The van der Waals surface area contributed by atoms with E-state index in [-0.39, 0.29) is 24.7 Å². The van der Waals surface area contributed by atoms with Gasteiger partial charge in [-0.2, -0.15) is 5.26 Å². The largest absolute Gasteiger partial charge is 0.478 e. The number of nitriles is 1. The van der Waals surface area contributed by atoms with E-state index in [1.54, 1.807) is 18.2 Å². The van der Waals surface area contributed by atoms with E-state index in [0.29, 0.717) is 24.5 Å². The van der Waals surface area contributed by atoms with E-state index in [4.69, 9.17) is 14.7 Å². The molecule has 2 atom stereocenters. The van der Waals surface area contributed by atoms with E-state index in [1.165, 1.54) is 0 Å². The van der Waals surface area contributed by atoms with Crippen LogP contribution in [0, 0.1) is 11.3 Å². The SMILES string of the molecule is CN1CC[C@H]2OCCN(C(=O)c3ccccc3OCC#N)[C@@H]2C1. The van der Waals surface area contributed by atoms with Crippen LogP contribution in [0.15, 0.2) is 24.3 Å². The summed E-state index contributed by atoms with van der Waals surface area (Å²) >= 11 is 0. The fourth-order valence-electron chi connectivity index (χ4n) is 3.32. The molecule has 2 heterocycles. The summed E-state index contributed by atoms with van der Waals surface area (Å²) < 4.78 is 11.3. The number of morpholine rings is 1. The van der Waals surface area contributed by atoms with E-state index in [1.807, 2.05) is 17.0 Å². The highest BCUT2D eigenvalue weighted by atomic mass is 16.5. The summed E-state index contributed by atoms with van der Waals surface area (Å²) in [6.07, 6.45) is 1.05. The van der Waals surface area contributed by atoms with Crippen molar-refractivity contribution in [2.24, 2.45) is 0 Å². The number of likely N-dealkylation sites (tertiary alicyclic amines) is 1. The van der Waals surface area contributed by atoms with Gasteiger partial charge < -0.3 is 19.3 Å². The average molecular weight is 315 g/mol. The Morgan fingerprint density at radius 2 is 2.26 bits per heavy atom. The first-order chi connectivity index (χ1) is 11.2. The number of carbonyl (C=O) groups excluding carboxylic acids is 1. The third-order valence-electron chi connectivity index (χ3n) is 4.46. The van der Waals surface area contributed by atoms with Crippen LogP contribution in [0.3, 0.4) is 0 Å². The summed E-state index contributed by atoms with van der Waals surface area (Å²) in [4.78, 5) is 17.2. The van der Waals surface area contributed by atoms with Gasteiger partial charge in [0.25, 0.3) is 5.91 Å². The standard InChI is InChI=1S/C17H21N3O3/c1-19-8-6-16-14(12-19)20(9-11-23-16)17(21)13-4-2-3-5-15(13)22-10-7-18/h2-5,14,16H,6,8-12H2,1H3/t14-,16-/m1/s1. The van der Waals surface area contributed by atoms with Gasteiger partial charge in [-0.1, -0.05) is 12.1 Å². The zero-order chi connectivity index (χ0) is 16.2. The van der Waals surface area contributed by atoms with Crippen LogP contribution >= 0.6 is 0 Å². The number of hydrogen-bond acceptors (Lipinski definition) is 5. The lowest BCUT2D eigenvalue weighted by atomic mass is 9.98. The fraction of sp³-hybridized carbons (Fsp3) is 0.529. The second-order valence-corrected chi connectivity index (χ2v) is 5.97. The summed E-state index contributed by atoms with van der Waals surface area (Å²) in [7, 11) is 2.07. The quantitative estimate of drug-likeness (QED) is 0.837. The van der Waals surface area contributed by atoms with E-state index in [9.17, 15) is 4.79 Å². The van der Waals surface area contributed by atoms with Gasteiger partial charge in [0, 0.05) is 19.6 Å². The minimum absolute atomic E-state index is 0.0489. The lowest BCUT2D eigenvalue weighted by Gasteiger charge is -2.46. The highest BCUT2D eigenvalue weighted by Crippen LogP contribution is 2.27. The summed E-state index contributed by atoms with van der Waals surface area (Å²) in [6, 6.07) is 9.12. The molecule has 2 fully saturated rings. The molecule has 0 N–H and O–H groups in total. The van der Waals surface area contributed by atoms with Crippen molar-refractivity contribution in [1.29, 1.82) is 5.26 Å². The number of benzene rings is 1. The number of hydrogen-bond donors (Lipinski definition) is 0. The molecule has 6 nitrogen and oxygen atoms in total. The van der Waals surface area contributed by atoms with Crippen LogP contribution < -0.4 is 4.74 Å². The highest BCUT2D eigenvalue weighted by Gasteiger charge is 2.39. The molecular formula is C17H21N3O3. The number of carbonyl (C=O) groups is 1. The number of fused-ring (bicyclic) bond motifs is 1. The summed E-state index contributed by atoms with van der Waals surface area (Å²) in [5.41, 5.74) is 0.511. The summed E-state index contributed by atoms with van der Waals surface area (Å²) in [5.74, 6) is 0.415. The fourth-order valence-corrected chi connectivity index (χ4v) is 3.32. The first-order valence-corrected chi connectivity index (χ1v) is 7.90. The van der Waals surface area contributed by atoms with E-state index in [2.05, 4.69) is 11.9 Å². The molecule has 0 aliphatic carbocycles. The van der Waals surface area contributed by atoms with Gasteiger partial charge in [-0.15, -0.1) is 0 Å². The Labute approximate surface area is 136 Å². The van der Waals surface area contributed by atoms with Crippen LogP contribution in [0.2, 0.25) is 0 Å². The van der Waals surface area contributed by atoms with E-state index in [0.717, 1.165) is 19.5 Å². The third-order valence-corrected chi connectivity index (χ3v) is 4.46. The smallest absolute Gasteiger partial charge is 0.258 e. The maximum atomic E-state index is 13.0. The molecular weight excluding hydrogens is 294 g/mol. The Kier molecular flexibility index (Phi) is 4.79. The molecule has 122 valence electrons. The predicted molar refractivity (Wildman–Crippen MR) is 84.2 cm³/mol. The second-order valence-electron chi connectivity index (χ2n) is 5.97. The zero-order valence-electron chi connectivity index (χ0n) is 13.3. The van der Waals surface area contributed by atoms with Crippen molar-refractivity contribution in [2.75, 3.05) is 39.9 Å². The number of rotatable bonds is 3. The Morgan fingerprint density at radius 1 is 1.43 bits per heavy atom. The maximum Gasteiger partial charge on any atom is 0.258 e. The van der Waals surface area contributed by atoms with Crippen LogP contribution in [0.1, 0.15) is 16.8 Å². The molecule has 23 heavy (non-hydrogen) atoms. The summed E-state index contributed by atoms with van der Waals surface area (Å²) in [5, 5.41) is 8.70. The molecule has 6 heteroatoms. The van der Waals surface area contributed by atoms with Gasteiger partial charge >= 0.3 is 0 Å². The van der Waals surface area contributed by atoms with Crippen LogP contribution in [0.4, 0.5) is 0 Å². The van der Waals surface area contributed by atoms with E-state index < -0.39 is 0 Å². The number of para-hydroxylation sites is 1. The van der Waals surface area contributed by atoms with Gasteiger partial charge in [0.15, 0.2) is 6.61 Å². The van der Waals surface area contributed by atoms with Gasteiger partial charge in [-0.3, -0.25) is 4.79 Å². The number of piperidine rings is 1. The highest BCUT2D eigenvalue weighted by molar-refractivity contribution is 5.97. The third kappa shape index (κ3) is 3.31. The van der Waals surface area contributed by atoms with Crippen molar-refractivity contribution in [1.82, 2.24) is 9.80 Å². The monoisotopic (exact) mass is 315 g/mol. The van der Waals surface area contributed by atoms with Crippen molar-refractivity contribution in [3.63, 3.8) is 0 Å². The van der Waals surface area contributed by atoms with Crippen LogP contribution in [-0.4, -0.2) is 67.7 Å². The molecule has 0 aromatic heterocycles. The molecule has 2 saturated heterocycles. The lowest BCUT2D eigenvalue weighted by Crippen LogP contribution is -2.60. The van der Waals surface area contributed by atoms with Crippen molar-refractivity contribution in [3.8, 4) is 11.8 Å². The normalized spacial score (nSPS) is 24.6. The average Bonchev–Trinajstić information content (AvgIpc) is 2.59. The van der Waals surface area contributed by atoms with Crippen molar-refractivity contribution in [2.45, 2.75) is 18.6 Å². The molecule has 1 aromatic rings. The Balaban J connectivity index is 1.83. The first-order valence-electron chi connectivity index (χ1n) is 7.90. The molecule has 1 aromatic carbocycles. The van der Waals surface area contributed by atoms with Gasteiger partial charge in [0.2, 0.25) is 0 Å². The molecule has 0 spiro atoms. The number of nitrogens with zero attached hydrogens (tertiary/aromatic N) is 3. The first kappa shape index (κ1) is 15.8. The number of amides is 1. The molecule has 2 aliphatic rings. The van der Waals surface area contributed by atoms with E-state index >= 15 is 0 Å². The molecule has 2 aliphatic heterocycles. The Bertz CT molecular complexity index is 613. The van der Waals surface area contributed by atoms with Crippen molar-refractivity contribution < 1.29 is 14.3 Å². The van der Waals surface area contributed by atoms with Gasteiger partial charge in [-0.25, -0.2) is 0 Å². The van der Waals surface area contributed by atoms with Crippen LogP contribution in [0.5, 0.6) is 5.75 Å². The minimum atomic E-state index is -0.0673. The van der Waals surface area contributed by atoms with Crippen molar-refractivity contribution >= 4 is 5.91 Å². The molecule has 0 bridgehead atoms. The topological polar surface area (TPSA) is 65.8 Å². The molecule has 1 amide bonds. The maximum absolute atomic E-state index is 13.0. The second kappa shape index (κ2) is 6.99. The number of likely N-dealkylation sites (N-methyl/N-ethyl adjacent to an activating group) is 1. The summed E-state index contributed by atoms with van der Waals surface area (Å²) in [6.45, 7) is 2.89. The van der Waals surface area contributed by atoms with Crippen LogP contribution in [0.25, 0.3) is 0 Å². The van der Waals surface area contributed by atoms with Crippen LogP contribution in [-0.2, 0) is 4.74 Å². The molecule has 0 unspecified atom stereocenters. The Morgan fingerprint density at radius 3 is 3.09 bits per heavy atom. The molecule has 0 radical (unpaired) electrons. The van der Waals surface area contributed by atoms with Gasteiger partial charge in [0.1, 0.15) is 11.8 Å². The zero-order valence-corrected chi connectivity index (χ0v) is 13.3. The molecule has 3 rings (SSSR count).